The Morgan fingerprint density at radius 3 is 2.48 bits per heavy atom. The summed E-state index contributed by atoms with van der Waals surface area (Å²) in [6, 6.07) is 0.242. The Morgan fingerprint density at radius 2 is 1.81 bits per heavy atom. The molecule has 0 aromatic carbocycles. The Balaban J connectivity index is 1.95. The van der Waals surface area contributed by atoms with Gasteiger partial charge in [-0.1, -0.05) is 20.3 Å². The monoisotopic (exact) mass is 317 g/mol. The van der Waals surface area contributed by atoms with Crippen LogP contribution < -0.4 is 10.0 Å². The average molecular weight is 317 g/mol. The first kappa shape index (κ1) is 17.2. The fourth-order valence-corrected chi connectivity index (χ4v) is 5.20. The minimum Gasteiger partial charge on any atom is -0.315 e. The lowest BCUT2D eigenvalue weighted by atomic mass is 9.88. The van der Waals surface area contributed by atoms with E-state index in [9.17, 15) is 8.42 Å². The van der Waals surface area contributed by atoms with E-state index < -0.39 is 10.2 Å². The summed E-state index contributed by atoms with van der Waals surface area (Å²) in [6.07, 6.45) is 7.30. The van der Waals surface area contributed by atoms with Crippen molar-refractivity contribution < 1.29 is 8.42 Å². The van der Waals surface area contributed by atoms with E-state index in [1.165, 1.54) is 0 Å². The van der Waals surface area contributed by atoms with Gasteiger partial charge < -0.3 is 5.32 Å². The van der Waals surface area contributed by atoms with Gasteiger partial charge in [0.05, 0.1) is 0 Å². The van der Waals surface area contributed by atoms with Crippen molar-refractivity contribution in [1.82, 2.24) is 14.3 Å². The van der Waals surface area contributed by atoms with Gasteiger partial charge in [-0.15, -0.1) is 0 Å². The Kier molecular flexibility index (Phi) is 6.47. The molecule has 1 aliphatic carbocycles. The molecule has 1 saturated heterocycles. The van der Waals surface area contributed by atoms with Crippen LogP contribution in [0.1, 0.15) is 58.8 Å². The fourth-order valence-electron chi connectivity index (χ4n) is 3.46. The molecule has 1 atom stereocenters. The number of hydrogen-bond donors (Lipinski definition) is 2. The zero-order chi connectivity index (χ0) is 15.3. The first-order valence-corrected chi connectivity index (χ1v) is 9.96. The second-order valence-corrected chi connectivity index (χ2v) is 8.30. The highest BCUT2D eigenvalue weighted by Crippen LogP contribution is 2.25. The summed E-state index contributed by atoms with van der Waals surface area (Å²) in [4.78, 5) is 0. The van der Waals surface area contributed by atoms with Crippen LogP contribution in [0.4, 0.5) is 0 Å². The van der Waals surface area contributed by atoms with Crippen LogP contribution in [0, 0.1) is 5.92 Å². The molecular weight excluding hydrogens is 286 g/mol. The zero-order valence-electron chi connectivity index (χ0n) is 13.5. The van der Waals surface area contributed by atoms with E-state index in [0.717, 1.165) is 64.0 Å². The van der Waals surface area contributed by atoms with Gasteiger partial charge >= 0.3 is 0 Å². The molecule has 5 nitrogen and oxygen atoms in total. The van der Waals surface area contributed by atoms with Crippen LogP contribution in [-0.2, 0) is 10.2 Å². The molecule has 2 aliphatic rings. The topological polar surface area (TPSA) is 61.4 Å². The summed E-state index contributed by atoms with van der Waals surface area (Å²) in [5.74, 6) is 0.738. The maximum Gasteiger partial charge on any atom is 0.279 e. The Bertz CT molecular complexity index is 405. The highest BCUT2D eigenvalue weighted by molar-refractivity contribution is 7.87. The summed E-state index contributed by atoms with van der Waals surface area (Å²) >= 11 is 0. The van der Waals surface area contributed by atoms with Crippen molar-refractivity contribution in [3.63, 3.8) is 0 Å². The predicted octanol–water partition coefficient (Wildman–Crippen LogP) is 1.86. The molecular formula is C15H31N3O2S. The third kappa shape index (κ3) is 4.91. The maximum atomic E-state index is 12.7. The number of hydrogen-bond acceptors (Lipinski definition) is 3. The SMILES string of the molecule is CCNCC1CCCCN1S(=O)(=O)NC1CCC(C)CC1. The summed E-state index contributed by atoms with van der Waals surface area (Å²) < 4.78 is 30.1. The molecule has 0 bridgehead atoms. The molecule has 1 saturated carbocycles. The second kappa shape index (κ2) is 7.90. The maximum absolute atomic E-state index is 12.7. The van der Waals surface area contributed by atoms with Crippen LogP contribution in [0.5, 0.6) is 0 Å². The van der Waals surface area contributed by atoms with Gasteiger partial charge in [-0.3, -0.25) is 0 Å². The molecule has 0 spiro atoms. The van der Waals surface area contributed by atoms with Gasteiger partial charge in [-0.25, -0.2) is 0 Å². The lowest BCUT2D eigenvalue weighted by Crippen LogP contribution is -2.54. The highest BCUT2D eigenvalue weighted by Gasteiger charge is 2.34. The van der Waals surface area contributed by atoms with E-state index in [0.29, 0.717) is 6.54 Å². The summed E-state index contributed by atoms with van der Waals surface area (Å²) in [7, 11) is -3.34. The van der Waals surface area contributed by atoms with Crippen LogP contribution in [0.25, 0.3) is 0 Å². The Hall–Kier alpha value is -0.170. The third-order valence-corrected chi connectivity index (χ3v) is 6.57. The normalized spacial score (nSPS) is 32.2. The zero-order valence-corrected chi connectivity index (χ0v) is 14.3. The van der Waals surface area contributed by atoms with Crippen LogP contribution in [-0.4, -0.2) is 44.4 Å². The molecule has 0 aromatic heterocycles. The standard InChI is InChI=1S/C15H31N3O2S/c1-3-16-12-15-6-4-5-11-18(15)21(19,20)17-14-9-7-13(2)8-10-14/h13-17H,3-12H2,1-2H3. The van der Waals surface area contributed by atoms with Crippen LogP contribution in [0.15, 0.2) is 0 Å². The van der Waals surface area contributed by atoms with Crippen molar-refractivity contribution >= 4 is 10.2 Å². The van der Waals surface area contributed by atoms with Crippen molar-refractivity contribution in [2.75, 3.05) is 19.6 Å². The van der Waals surface area contributed by atoms with E-state index in [2.05, 4.69) is 23.9 Å². The van der Waals surface area contributed by atoms with Crippen LogP contribution in [0.2, 0.25) is 0 Å². The molecule has 21 heavy (non-hydrogen) atoms. The number of rotatable bonds is 6. The summed E-state index contributed by atoms with van der Waals surface area (Å²) in [5.41, 5.74) is 0. The van der Waals surface area contributed by atoms with Gasteiger partial charge in [0, 0.05) is 25.2 Å². The third-order valence-electron chi connectivity index (χ3n) is 4.84. The van der Waals surface area contributed by atoms with E-state index in [-0.39, 0.29) is 12.1 Å². The van der Waals surface area contributed by atoms with Gasteiger partial charge in [-0.05, 0) is 51.0 Å². The van der Waals surface area contributed by atoms with E-state index >= 15 is 0 Å². The second-order valence-electron chi connectivity index (χ2n) is 6.65. The first-order chi connectivity index (χ1) is 10.0. The number of nitrogens with zero attached hydrogens (tertiary/aromatic N) is 1. The summed E-state index contributed by atoms with van der Waals surface area (Å²) in [6.45, 7) is 6.62. The van der Waals surface area contributed by atoms with E-state index in [1.807, 2.05) is 0 Å². The van der Waals surface area contributed by atoms with Gasteiger partial charge in [0.1, 0.15) is 0 Å². The molecule has 1 unspecified atom stereocenters. The number of piperidine rings is 1. The first-order valence-electron chi connectivity index (χ1n) is 8.52. The van der Waals surface area contributed by atoms with Crippen molar-refractivity contribution in [3.05, 3.63) is 0 Å². The summed E-state index contributed by atoms with van der Waals surface area (Å²) in [5, 5.41) is 3.30. The molecule has 0 aromatic rings. The largest absolute Gasteiger partial charge is 0.315 e. The van der Waals surface area contributed by atoms with Gasteiger partial charge in [0.15, 0.2) is 0 Å². The van der Waals surface area contributed by atoms with Crippen molar-refractivity contribution in [2.45, 2.75) is 70.9 Å². The van der Waals surface area contributed by atoms with Gasteiger partial charge in [0.2, 0.25) is 0 Å². The lowest BCUT2D eigenvalue weighted by Gasteiger charge is -2.36. The molecule has 1 aliphatic heterocycles. The number of nitrogens with one attached hydrogen (secondary N) is 2. The van der Waals surface area contributed by atoms with E-state index in [1.54, 1.807) is 4.31 Å². The average Bonchev–Trinajstić information content (AvgIpc) is 2.47. The van der Waals surface area contributed by atoms with Crippen LogP contribution in [0.3, 0.4) is 0 Å². The smallest absolute Gasteiger partial charge is 0.279 e. The predicted molar refractivity (Wildman–Crippen MR) is 86.4 cm³/mol. The van der Waals surface area contributed by atoms with Crippen LogP contribution >= 0.6 is 0 Å². The van der Waals surface area contributed by atoms with Crippen molar-refractivity contribution in [1.29, 1.82) is 0 Å². The van der Waals surface area contributed by atoms with Gasteiger partial charge in [-0.2, -0.15) is 17.4 Å². The van der Waals surface area contributed by atoms with Crippen molar-refractivity contribution in [3.8, 4) is 0 Å². The minimum absolute atomic E-state index is 0.110. The molecule has 2 N–H and O–H groups in total. The van der Waals surface area contributed by atoms with Crippen molar-refractivity contribution in [2.24, 2.45) is 5.92 Å². The molecule has 6 heteroatoms. The molecule has 124 valence electrons. The highest BCUT2D eigenvalue weighted by atomic mass is 32.2. The molecule has 2 rings (SSSR count). The Morgan fingerprint density at radius 1 is 1.10 bits per heavy atom. The molecule has 0 radical (unpaired) electrons. The van der Waals surface area contributed by atoms with E-state index in [4.69, 9.17) is 0 Å². The quantitative estimate of drug-likeness (QED) is 0.786. The molecule has 2 fully saturated rings. The number of likely N-dealkylation sites (N-methyl/N-ethyl adjacent to an activating group) is 1. The molecule has 0 amide bonds. The fraction of sp³-hybridized carbons (Fsp3) is 1.00. The Labute approximate surface area is 130 Å². The minimum atomic E-state index is -3.34. The molecule has 1 heterocycles. The lowest BCUT2D eigenvalue weighted by molar-refractivity contribution is 0.238. The van der Waals surface area contributed by atoms with Gasteiger partial charge in [0.25, 0.3) is 10.2 Å².